The molecule has 4 atom stereocenters. The molecule has 2 fully saturated rings. The van der Waals surface area contributed by atoms with Gasteiger partial charge in [-0.1, -0.05) is 121 Å². The molecule has 0 radical (unpaired) electrons. The van der Waals surface area contributed by atoms with E-state index in [9.17, 15) is 10.2 Å². The molecule has 0 aliphatic carbocycles. The number of imidazole rings is 1. The summed E-state index contributed by atoms with van der Waals surface area (Å²) in [7, 11) is 1.54. The molecule has 6 aromatic rings. The van der Waals surface area contributed by atoms with E-state index in [-0.39, 0.29) is 18.6 Å². The largest absolute Gasteiger partial charge is 0.387 e. The van der Waals surface area contributed by atoms with Gasteiger partial charge >= 0.3 is 0 Å². The monoisotopic (exact) mass is 725 g/mol. The Hall–Kier alpha value is -5.01. The van der Waals surface area contributed by atoms with Crippen LogP contribution in [0.2, 0.25) is 0 Å². The number of aromatic nitrogens is 4. The molecule has 0 amide bonds. The molecule has 2 aromatic heterocycles. The van der Waals surface area contributed by atoms with Crippen LogP contribution in [-0.4, -0.2) is 98.9 Å². The number of aliphatic hydroxyl groups excluding tert-OH is 2. The summed E-state index contributed by atoms with van der Waals surface area (Å²) in [6, 6.07) is 42.8. The van der Waals surface area contributed by atoms with Gasteiger partial charge in [-0.05, 0) is 22.3 Å². The van der Waals surface area contributed by atoms with E-state index in [1.165, 1.54) is 29.4 Å². The van der Waals surface area contributed by atoms with Crippen LogP contribution in [0.3, 0.4) is 0 Å². The highest BCUT2D eigenvalue weighted by Crippen LogP contribution is 2.34. The van der Waals surface area contributed by atoms with Gasteiger partial charge in [0.05, 0.1) is 19.0 Å². The number of hydrogen-bond donors (Lipinski definition) is 4. The fraction of sp³-hybridized carbons (Fsp3) is 0.326. The number of aliphatic hydroxyl groups is 2. The van der Waals surface area contributed by atoms with Gasteiger partial charge in [0.25, 0.3) is 0 Å². The molecule has 4 heterocycles. The number of fused-ring (bicyclic) bond motifs is 1. The fourth-order valence-corrected chi connectivity index (χ4v) is 7.77. The van der Waals surface area contributed by atoms with Gasteiger partial charge in [0.1, 0.15) is 24.1 Å². The van der Waals surface area contributed by atoms with Crippen LogP contribution in [0.25, 0.3) is 11.2 Å². The summed E-state index contributed by atoms with van der Waals surface area (Å²) < 4.78 is 13.0. The molecule has 0 spiro atoms. The third kappa shape index (κ3) is 7.65. The van der Waals surface area contributed by atoms with Gasteiger partial charge in [0, 0.05) is 51.7 Å². The van der Waals surface area contributed by atoms with Crippen molar-refractivity contribution in [3.8, 4) is 0 Å². The highest BCUT2D eigenvalue weighted by molar-refractivity contribution is 5.83. The molecular formula is C43H47N7O4. The first kappa shape index (κ1) is 36.0. The molecule has 54 heavy (non-hydrogen) atoms. The third-order valence-electron chi connectivity index (χ3n) is 10.6. The van der Waals surface area contributed by atoms with Crippen LogP contribution >= 0.6 is 0 Å². The molecule has 11 heteroatoms. The number of ether oxygens (including phenoxy) is 2. The van der Waals surface area contributed by atoms with Crippen molar-refractivity contribution in [2.45, 2.75) is 49.0 Å². The van der Waals surface area contributed by atoms with E-state index in [4.69, 9.17) is 24.4 Å². The molecule has 2 saturated heterocycles. The number of benzene rings is 4. The molecule has 2 unspecified atom stereocenters. The molecule has 4 aromatic carbocycles. The van der Waals surface area contributed by atoms with E-state index in [0.29, 0.717) is 48.4 Å². The first-order chi connectivity index (χ1) is 26.6. The van der Waals surface area contributed by atoms with Crippen LogP contribution in [-0.2, 0) is 15.9 Å². The van der Waals surface area contributed by atoms with Crippen LogP contribution < -0.4 is 10.6 Å². The molecule has 11 nitrogen and oxygen atoms in total. The quantitative estimate of drug-likeness (QED) is 0.116. The molecular weight excluding hydrogens is 679 g/mol. The van der Waals surface area contributed by atoms with Crippen LogP contribution in [0.1, 0.15) is 46.3 Å². The Balaban J connectivity index is 1.02. The minimum atomic E-state index is -1.18. The summed E-state index contributed by atoms with van der Waals surface area (Å²) in [6.07, 6.45) is -1.68. The predicted octanol–water partition coefficient (Wildman–Crippen LogP) is 4.94. The van der Waals surface area contributed by atoms with Crippen molar-refractivity contribution < 1.29 is 19.7 Å². The number of nitrogens with zero attached hydrogens (tertiary/aromatic N) is 5. The maximum Gasteiger partial charge on any atom is 0.167 e. The van der Waals surface area contributed by atoms with E-state index < -0.39 is 24.5 Å². The second kappa shape index (κ2) is 16.6. The zero-order valence-corrected chi connectivity index (χ0v) is 30.4. The molecule has 278 valence electrons. The van der Waals surface area contributed by atoms with E-state index in [1.54, 1.807) is 10.9 Å². The molecule has 2 aliphatic heterocycles. The van der Waals surface area contributed by atoms with Crippen molar-refractivity contribution in [3.05, 3.63) is 156 Å². The van der Waals surface area contributed by atoms with E-state index in [0.717, 1.165) is 13.1 Å². The lowest BCUT2D eigenvalue weighted by atomic mass is 9.91. The minimum absolute atomic E-state index is 0.0618. The topological polar surface area (TPSA) is 130 Å². The maximum atomic E-state index is 11.0. The van der Waals surface area contributed by atoms with E-state index >= 15 is 0 Å². The van der Waals surface area contributed by atoms with Crippen molar-refractivity contribution in [1.29, 1.82) is 0 Å². The second-order valence-electron chi connectivity index (χ2n) is 14.1. The molecule has 8 rings (SSSR count). The lowest BCUT2D eigenvalue weighted by Gasteiger charge is -2.45. The van der Waals surface area contributed by atoms with Crippen molar-refractivity contribution in [1.82, 2.24) is 29.7 Å². The first-order valence-corrected chi connectivity index (χ1v) is 18.7. The van der Waals surface area contributed by atoms with Crippen LogP contribution in [0.15, 0.2) is 128 Å². The van der Waals surface area contributed by atoms with Gasteiger partial charge in [-0.2, -0.15) is 0 Å². The maximum absolute atomic E-state index is 11.0. The number of anilines is 1. The van der Waals surface area contributed by atoms with Gasteiger partial charge < -0.3 is 30.3 Å². The average Bonchev–Trinajstić information content (AvgIpc) is 3.75. The Morgan fingerprint density at radius 2 is 1.35 bits per heavy atom. The van der Waals surface area contributed by atoms with Crippen molar-refractivity contribution in [2.75, 3.05) is 45.2 Å². The normalized spacial score (nSPS) is 20.5. The Labute approximate surface area is 315 Å². The van der Waals surface area contributed by atoms with E-state index in [2.05, 4.69) is 125 Å². The Bertz CT molecular complexity index is 2000. The lowest BCUT2D eigenvalue weighted by Crippen LogP contribution is -2.59. The highest BCUT2D eigenvalue weighted by Gasteiger charge is 2.44. The molecule has 4 N–H and O–H groups in total. The third-order valence-corrected chi connectivity index (χ3v) is 10.6. The van der Waals surface area contributed by atoms with Gasteiger partial charge in [-0.25, -0.2) is 15.0 Å². The fourth-order valence-electron chi connectivity index (χ4n) is 7.77. The van der Waals surface area contributed by atoms with Crippen LogP contribution in [0.4, 0.5) is 5.82 Å². The minimum Gasteiger partial charge on any atom is -0.387 e. The van der Waals surface area contributed by atoms with Crippen molar-refractivity contribution in [2.24, 2.45) is 0 Å². The van der Waals surface area contributed by atoms with Crippen LogP contribution in [0.5, 0.6) is 0 Å². The number of nitrogens with one attached hydrogen (secondary N) is 2. The first-order valence-electron chi connectivity index (χ1n) is 18.7. The number of methoxy groups -OCH3 is 1. The summed E-state index contributed by atoms with van der Waals surface area (Å²) in [6.45, 7) is 3.26. The highest BCUT2D eigenvalue weighted by atomic mass is 16.6. The van der Waals surface area contributed by atoms with Crippen LogP contribution in [0, 0.1) is 0 Å². The Morgan fingerprint density at radius 3 is 1.93 bits per heavy atom. The summed E-state index contributed by atoms with van der Waals surface area (Å²) in [5.74, 6) is 1.31. The SMILES string of the molecule is COCC1OC(n2cnc3c(NCC(c4ccccc4)c4ccccc4)nc(CCNC4CN(C(c5ccccc5)c5ccccc5)C4)nc32)[C@H](O)[C@@H]1O. The molecule has 2 aliphatic rings. The van der Waals surface area contributed by atoms with Crippen molar-refractivity contribution >= 4 is 17.0 Å². The summed E-state index contributed by atoms with van der Waals surface area (Å²) >= 11 is 0. The standard InChI is InChI=1S/C43H47N7O4/c1-53-27-35-39(51)40(52)43(54-35)50-28-46-37-41(45-24-34(29-14-6-2-7-15-29)30-16-8-3-9-17-30)47-36(48-42(37)50)22-23-44-33-25-49(26-33)38(31-18-10-4-11-19-31)32-20-12-5-13-21-32/h2-21,28,33-35,38-40,43-44,51-52H,22-27H2,1H3,(H,45,47,48)/t35?,39-,40-,43?/m1/s1. The summed E-state index contributed by atoms with van der Waals surface area (Å²) in [5.41, 5.74) is 6.05. The zero-order valence-electron chi connectivity index (χ0n) is 30.4. The number of likely N-dealkylation sites (tertiary alicyclic amines) is 1. The van der Waals surface area contributed by atoms with Crippen molar-refractivity contribution in [3.63, 3.8) is 0 Å². The smallest absolute Gasteiger partial charge is 0.167 e. The van der Waals surface area contributed by atoms with Gasteiger partial charge in [0.15, 0.2) is 23.2 Å². The average molecular weight is 726 g/mol. The van der Waals surface area contributed by atoms with E-state index in [1.807, 2.05) is 12.1 Å². The molecule has 0 bridgehead atoms. The molecule has 0 saturated carbocycles. The van der Waals surface area contributed by atoms with Gasteiger partial charge in [-0.3, -0.25) is 9.47 Å². The number of hydrogen-bond acceptors (Lipinski definition) is 10. The Kier molecular flexibility index (Phi) is 11.0. The van der Waals surface area contributed by atoms with Gasteiger partial charge in [0.2, 0.25) is 0 Å². The summed E-state index contributed by atoms with van der Waals surface area (Å²) in [4.78, 5) is 17.2. The predicted molar refractivity (Wildman–Crippen MR) is 208 cm³/mol. The second-order valence-corrected chi connectivity index (χ2v) is 14.1. The number of rotatable bonds is 15. The Morgan fingerprint density at radius 1 is 0.778 bits per heavy atom. The zero-order chi connectivity index (χ0) is 36.9. The van der Waals surface area contributed by atoms with Gasteiger partial charge in [-0.15, -0.1) is 0 Å². The lowest BCUT2D eigenvalue weighted by molar-refractivity contribution is -0.0580. The summed E-state index contributed by atoms with van der Waals surface area (Å²) in [5, 5.41) is 29.1.